The van der Waals surface area contributed by atoms with Crippen molar-refractivity contribution in [3.8, 4) is 0 Å². The van der Waals surface area contributed by atoms with Crippen LogP contribution in [0.15, 0.2) is 66.7 Å². The summed E-state index contributed by atoms with van der Waals surface area (Å²) in [7, 11) is 0. The van der Waals surface area contributed by atoms with Gasteiger partial charge in [-0.05, 0) is 31.4 Å². The summed E-state index contributed by atoms with van der Waals surface area (Å²) in [6.07, 6.45) is 4.28. The van der Waals surface area contributed by atoms with Crippen LogP contribution in [0.5, 0.6) is 0 Å². The van der Waals surface area contributed by atoms with E-state index in [9.17, 15) is 9.90 Å². The van der Waals surface area contributed by atoms with Gasteiger partial charge in [0.2, 0.25) is 0 Å². The number of benzene rings is 2. The second-order valence-corrected chi connectivity index (χ2v) is 5.93. The Kier molecular flexibility index (Phi) is 5.72. The normalized spacial score (nSPS) is 15.2. The van der Waals surface area contributed by atoms with Gasteiger partial charge in [0, 0.05) is 6.04 Å². The molecule has 0 unspecified atom stereocenters. The quantitative estimate of drug-likeness (QED) is 0.802. The summed E-state index contributed by atoms with van der Waals surface area (Å²) in [5, 5.41) is 12.9. The summed E-state index contributed by atoms with van der Waals surface area (Å²) >= 11 is 0. The van der Waals surface area contributed by atoms with Crippen molar-refractivity contribution in [2.75, 3.05) is 0 Å². The topological polar surface area (TPSA) is 49.3 Å². The highest BCUT2D eigenvalue weighted by atomic mass is 16.4. The van der Waals surface area contributed by atoms with Crippen LogP contribution in [0.4, 0.5) is 0 Å². The van der Waals surface area contributed by atoms with Gasteiger partial charge in [-0.25, -0.2) is 0 Å². The molecule has 3 heteroatoms. The molecule has 0 saturated heterocycles. The van der Waals surface area contributed by atoms with E-state index in [0.717, 1.165) is 11.1 Å². The van der Waals surface area contributed by atoms with Crippen molar-refractivity contribution in [3.63, 3.8) is 0 Å². The molecule has 0 aromatic heterocycles. The molecule has 0 radical (unpaired) electrons. The van der Waals surface area contributed by atoms with E-state index in [4.69, 9.17) is 0 Å². The fraction of sp³-hybridized carbons (Fsp3) is 0.250. The second-order valence-electron chi connectivity index (χ2n) is 5.93. The first kappa shape index (κ1) is 17.0. The molecule has 0 aliphatic carbocycles. The van der Waals surface area contributed by atoms with E-state index < -0.39 is 11.5 Å². The lowest BCUT2D eigenvalue weighted by atomic mass is 9.94. The molecule has 0 aliphatic heterocycles. The van der Waals surface area contributed by atoms with Crippen LogP contribution in [0, 0.1) is 0 Å². The molecule has 0 saturated carbocycles. The molecular weight excluding hydrogens is 286 g/mol. The summed E-state index contributed by atoms with van der Waals surface area (Å²) in [5.41, 5.74) is 1.13. The van der Waals surface area contributed by atoms with Gasteiger partial charge >= 0.3 is 5.97 Å². The first-order valence-electron chi connectivity index (χ1n) is 7.79. The number of hydrogen-bond donors (Lipinski definition) is 2. The molecule has 2 aromatic carbocycles. The third-order valence-corrected chi connectivity index (χ3v) is 3.94. The zero-order valence-electron chi connectivity index (χ0n) is 13.6. The minimum absolute atomic E-state index is 0.0394. The molecule has 2 atom stereocenters. The first-order valence-corrected chi connectivity index (χ1v) is 7.79. The Labute approximate surface area is 137 Å². The number of carbonyl (C=O) groups is 1. The van der Waals surface area contributed by atoms with Crippen LogP contribution >= 0.6 is 0 Å². The van der Waals surface area contributed by atoms with E-state index in [1.165, 1.54) is 0 Å². The zero-order chi connectivity index (χ0) is 16.7. The maximum atomic E-state index is 11.7. The Bertz CT molecular complexity index is 652. The van der Waals surface area contributed by atoms with Crippen LogP contribution in [0.25, 0.3) is 6.08 Å². The molecule has 0 aliphatic rings. The van der Waals surface area contributed by atoms with Crippen molar-refractivity contribution in [2.24, 2.45) is 0 Å². The predicted molar refractivity (Wildman–Crippen MR) is 94.1 cm³/mol. The van der Waals surface area contributed by atoms with Crippen molar-refractivity contribution >= 4 is 12.0 Å². The SMILES string of the molecule is C[C@H](N[C@](C)(C/C=C/c1ccccc1)C(=O)O)c1ccccc1. The summed E-state index contributed by atoms with van der Waals surface area (Å²) in [6, 6.07) is 19.7. The molecule has 23 heavy (non-hydrogen) atoms. The van der Waals surface area contributed by atoms with E-state index in [1.807, 2.05) is 79.7 Å². The average molecular weight is 309 g/mol. The Balaban J connectivity index is 2.07. The van der Waals surface area contributed by atoms with Gasteiger partial charge in [-0.3, -0.25) is 10.1 Å². The number of carboxylic acids is 1. The van der Waals surface area contributed by atoms with E-state index in [2.05, 4.69) is 5.32 Å². The maximum absolute atomic E-state index is 11.7. The standard InChI is InChI=1S/C20H23NO2/c1-16(18-13-7-4-8-14-18)21-20(2,19(22)23)15-9-12-17-10-5-3-6-11-17/h3-14,16,21H,15H2,1-2H3,(H,22,23)/b12-9+/t16-,20+/m0/s1. The molecule has 0 spiro atoms. The van der Waals surface area contributed by atoms with Gasteiger partial charge in [0.15, 0.2) is 0 Å². The fourth-order valence-electron chi connectivity index (χ4n) is 2.51. The monoisotopic (exact) mass is 309 g/mol. The molecule has 2 aromatic rings. The van der Waals surface area contributed by atoms with Crippen LogP contribution in [0.3, 0.4) is 0 Å². The molecule has 0 amide bonds. The average Bonchev–Trinajstić information content (AvgIpc) is 2.56. The third-order valence-electron chi connectivity index (χ3n) is 3.94. The van der Waals surface area contributed by atoms with Crippen LogP contribution < -0.4 is 5.32 Å². The first-order chi connectivity index (χ1) is 11.0. The van der Waals surface area contributed by atoms with Crippen LogP contribution in [0.1, 0.15) is 37.4 Å². The Morgan fingerprint density at radius 1 is 1.13 bits per heavy atom. The predicted octanol–water partition coefficient (Wildman–Crippen LogP) is 4.28. The Morgan fingerprint density at radius 3 is 2.26 bits per heavy atom. The van der Waals surface area contributed by atoms with Gasteiger partial charge in [-0.1, -0.05) is 72.8 Å². The highest BCUT2D eigenvalue weighted by Gasteiger charge is 2.33. The fourth-order valence-corrected chi connectivity index (χ4v) is 2.51. The maximum Gasteiger partial charge on any atom is 0.323 e. The Morgan fingerprint density at radius 2 is 1.70 bits per heavy atom. The summed E-state index contributed by atoms with van der Waals surface area (Å²) in [6.45, 7) is 3.71. The summed E-state index contributed by atoms with van der Waals surface area (Å²) in [4.78, 5) is 11.7. The smallest absolute Gasteiger partial charge is 0.323 e. The second kappa shape index (κ2) is 7.75. The van der Waals surface area contributed by atoms with E-state index in [0.29, 0.717) is 6.42 Å². The van der Waals surface area contributed by atoms with E-state index in [1.54, 1.807) is 6.92 Å². The lowest BCUT2D eigenvalue weighted by Gasteiger charge is -2.29. The lowest BCUT2D eigenvalue weighted by molar-refractivity contribution is -0.144. The lowest BCUT2D eigenvalue weighted by Crippen LogP contribution is -2.50. The number of hydrogen-bond acceptors (Lipinski definition) is 2. The summed E-state index contributed by atoms with van der Waals surface area (Å²) < 4.78 is 0. The largest absolute Gasteiger partial charge is 0.480 e. The molecule has 2 rings (SSSR count). The minimum atomic E-state index is -1.01. The number of aliphatic carboxylic acids is 1. The van der Waals surface area contributed by atoms with Crippen LogP contribution in [-0.4, -0.2) is 16.6 Å². The highest BCUT2D eigenvalue weighted by Crippen LogP contribution is 2.20. The van der Waals surface area contributed by atoms with Crippen molar-refractivity contribution < 1.29 is 9.90 Å². The van der Waals surface area contributed by atoms with Gasteiger partial charge in [0.05, 0.1) is 0 Å². The van der Waals surface area contributed by atoms with Gasteiger partial charge < -0.3 is 5.11 Å². The highest BCUT2D eigenvalue weighted by molar-refractivity contribution is 5.78. The van der Waals surface area contributed by atoms with Crippen molar-refractivity contribution in [2.45, 2.75) is 31.8 Å². The van der Waals surface area contributed by atoms with Crippen LogP contribution in [-0.2, 0) is 4.79 Å². The van der Waals surface area contributed by atoms with Crippen molar-refractivity contribution in [1.29, 1.82) is 0 Å². The van der Waals surface area contributed by atoms with Crippen molar-refractivity contribution in [3.05, 3.63) is 77.9 Å². The number of rotatable bonds is 7. The van der Waals surface area contributed by atoms with Gasteiger partial charge in [-0.15, -0.1) is 0 Å². The molecular formula is C20H23NO2. The molecule has 120 valence electrons. The van der Waals surface area contributed by atoms with E-state index >= 15 is 0 Å². The third kappa shape index (κ3) is 4.80. The van der Waals surface area contributed by atoms with Gasteiger partial charge in [-0.2, -0.15) is 0 Å². The molecule has 2 N–H and O–H groups in total. The minimum Gasteiger partial charge on any atom is -0.480 e. The number of carboxylic acid groups (broad SMARTS) is 1. The van der Waals surface area contributed by atoms with Gasteiger partial charge in [0.25, 0.3) is 0 Å². The molecule has 0 fully saturated rings. The molecule has 3 nitrogen and oxygen atoms in total. The Hall–Kier alpha value is -2.39. The van der Waals surface area contributed by atoms with Crippen LogP contribution in [0.2, 0.25) is 0 Å². The molecule has 0 bridgehead atoms. The van der Waals surface area contributed by atoms with Crippen molar-refractivity contribution in [1.82, 2.24) is 5.32 Å². The van der Waals surface area contributed by atoms with E-state index in [-0.39, 0.29) is 6.04 Å². The molecule has 0 heterocycles. The van der Waals surface area contributed by atoms with Gasteiger partial charge in [0.1, 0.15) is 5.54 Å². The number of nitrogens with one attached hydrogen (secondary N) is 1. The zero-order valence-corrected chi connectivity index (χ0v) is 13.6. The summed E-state index contributed by atoms with van der Waals surface area (Å²) in [5.74, 6) is -0.849.